The Morgan fingerprint density at radius 3 is 2.43 bits per heavy atom. The molecule has 2 rings (SSSR count). The van der Waals surface area contributed by atoms with Gasteiger partial charge in [-0.3, -0.25) is 4.72 Å². The number of rotatable bonds is 4. The molecule has 0 radical (unpaired) electrons. The lowest BCUT2D eigenvalue weighted by atomic mass is 9.91. The third kappa shape index (κ3) is 5.41. The molecule has 0 aromatic heterocycles. The predicted octanol–water partition coefficient (Wildman–Crippen LogP) is 2.32. The molecular weight excluding hydrogens is 284 g/mol. The molecule has 0 spiro atoms. The summed E-state index contributed by atoms with van der Waals surface area (Å²) in [5.74, 6) is 6.19. The monoisotopic (exact) mass is 306 g/mol. The topological polar surface area (TPSA) is 72.2 Å². The average Bonchev–Trinajstić information content (AvgIpc) is 2.47. The van der Waals surface area contributed by atoms with E-state index in [1.807, 2.05) is 0 Å². The smallest absolute Gasteiger partial charge is 0.232 e. The van der Waals surface area contributed by atoms with Crippen LogP contribution in [-0.4, -0.2) is 20.7 Å². The minimum atomic E-state index is -3.27. The summed E-state index contributed by atoms with van der Waals surface area (Å²) in [6, 6.07) is 7.06. The molecule has 1 aliphatic rings. The number of nitrogens with one attached hydrogen (secondary N) is 1. The third-order valence-corrected chi connectivity index (χ3v) is 5.13. The average molecular weight is 306 g/mol. The molecule has 1 aromatic carbocycles. The maximum atomic E-state index is 12.2. The first-order chi connectivity index (χ1) is 10.1. The van der Waals surface area contributed by atoms with Gasteiger partial charge in [0.2, 0.25) is 10.0 Å². The highest BCUT2D eigenvalue weighted by Crippen LogP contribution is 2.25. The summed E-state index contributed by atoms with van der Waals surface area (Å²) in [6.45, 7) is 0.315. The van der Waals surface area contributed by atoms with Gasteiger partial charge in [-0.2, -0.15) is 0 Å². The molecule has 0 unspecified atom stereocenters. The molecular formula is C16H22N2O2S. The molecule has 5 heteroatoms. The van der Waals surface area contributed by atoms with Gasteiger partial charge in [-0.15, -0.1) is 0 Å². The van der Waals surface area contributed by atoms with E-state index in [4.69, 9.17) is 5.73 Å². The van der Waals surface area contributed by atoms with E-state index in [0.29, 0.717) is 18.2 Å². The highest BCUT2D eigenvalue weighted by atomic mass is 32.2. The molecule has 21 heavy (non-hydrogen) atoms. The fourth-order valence-corrected chi connectivity index (χ4v) is 4.19. The van der Waals surface area contributed by atoms with Crippen molar-refractivity contribution in [2.45, 2.75) is 32.1 Å². The molecule has 1 aliphatic carbocycles. The van der Waals surface area contributed by atoms with E-state index < -0.39 is 10.0 Å². The van der Waals surface area contributed by atoms with E-state index >= 15 is 0 Å². The van der Waals surface area contributed by atoms with E-state index in [9.17, 15) is 8.42 Å². The quantitative estimate of drug-likeness (QED) is 0.839. The molecule has 4 nitrogen and oxygen atoms in total. The Kier molecular flexibility index (Phi) is 5.66. The van der Waals surface area contributed by atoms with Crippen molar-refractivity contribution in [3.05, 3.63) is 29.8 Å². The zero-order valence-corrected chi connectivity index (χ0v) is 13.0. The summed E-state index contributed by atoms with van der Waals surface area (Å²) in [7, 11) is -3.27. The Balaban J connectivity index is 1.95. The van der Waals surface area contributed by atoms with Gasteiger partial charge in [0.1, 0.15) is 0 Å². The summed E-state index contributed by atoms with van der Waals surface area (Å²) < 4.78 is 27.0. The van der Waals surface area contributed by atoms with Crippen LogP contribution in [0, 0.1) is 17.8 Å². The first kappa shape index (κ1) is 15.9. The van der Waals surface area contributed by atoms with Crippen molar-refractivity contribution in [2.24, 2.45) is 11.7 Å². The Hall–Kier alpha value is -1.51. The maximum Gasteiger partial charge on any atom is 0.232 e. The van der Waals surface area contributed by atoms with Gasteiger partial charge in [0.15, 0.2) is 0 Å². The molecule has 114 valence electrons. The lowest BCUT2D eigenvalue weighted by Gasteiger charge is -2.21. The van der Waals surface area contributed by atoms with Gasteiger partial charge in [0.25, 0.3) is 0 Å². The van der Waals surface area contributed by atoms with Crippen molar-refractivity contribution < 1.29 is 8.42 Å². The Labute approximate surface area is 127 Å². The van der Waals surface area contributed by atoms with Crippen LogP contribution in [0.25, 0.3) is 0 Å². The summed E-state index contributed by atoms with van der Waals surface area (Å²) in [5.41, 5.74) is 6.73. The van der Waals surface area contributed by atoms with Crippen LogP contribution in [0.3, 0.4) is 0 Å². The first-order valence-electron chi connectivity index (χ1n) is 7.38. The second-order valence-corrected chi connectivity index (χ2v) is 7.24. The molecule has 0 atom stereocenters. The van der Waals surface area contributed by atoms with Gasteiger partial charge in [-0.1, -0.05) is 31.1 Å². The summed E-state index contributed by atoms with van der Waals surface area (Å²) in [4.78, 5) is 0. The van der Waals surface area contributed by atoms with Gasteiger partial charge in [-0.25, -0.2) is 8.42 Å². The fourth-order valence-electron chi connectivity index (χ4n) is 2.66. The maximum absolute atomic E-state index is 12.2. The van der Waals surface area contributed by atoms with E-state index in [0.717, 1.165) is 31.2 Å². The lowest BCUT2D eigenvalue weighted by molar-refractivity contribution is 0.385. The SMILES string of the molecule is NCC#Cc1ccc(NS(=O)(=O)CC2CCCCC2)cc1. The minimum Gasteiger partial charge on any atom is -0.320 e. The molecule has 1 fully saturated rings. The van der Waals surface area contributed by atoms with Crippen LogP contribution in [0.15, 0.2) is 24.3 Å². The van der Waals surface area contributed by atoms with Crippen LogP contribution in [0.1, 0.15) is 37.7 Å². The van der Waals surface area contributed by atoms with Crippen molar-refractivity contribution in [1.82, 2.24) is 0 Å². The van der Waals surface area contributed by atoms with Gasteiger partial charge >= 0.3 is 0 Å². The van der Waals surface area contributed by atoms with Gasteiger partial charge in [0, 0.05) is 11.3 Å². The molecule has 0 saturated heterocycles. The fraction of sp³-hybridized carbons (Fsp3) is 0.500. The van der Waals surface area contributed by atoms with Gasteiger partial charge < -0.3 is 5.73 Å². The minimum absolute atomic E-state index is 0.224. The normalized spacial score (nSPS) is 16.0. The Morgan fingerprint density at radius 1 is 1.14 bits per heavy atom. The second kappa shape index (κ2) is 7.48. The number of hydrogen-bond acceptors (Lipinski definition) is 3. The number of sulfonamides is 1. The first-order valence-corrected chi connectivity index (χ1v) is 9.04. The van der Waals surface area contributed by atoms with Crippen molar-refractivity contribution in [1.29, 1.82) is 0 Å². The van der Waals surface area contributed by atoms with Crippen LogP contribution in [0.4, 0.5) is 5.69 Å². The van der Waals surface area contributed by atoms with E-state index in [1.165, 1.54) is 6.42 Å². The van der Waals surface area contributed by atoms with Gasteiger partial charge in [0.05, 0.1) is 12.3 Å². The molecule has 1 aromatic rings. The molecule has 0 bridgehead atoms. The van der Waals surface area contributed by atoms with E-state index in [2.05, 4.69) is 16.6 Å². The van der Waals surface area contributed by atoms with Crippen molar-refractivity contribution in [3.8, 4) is 11.8 Å². The molecule has 0 amide bonds. The molecule has 0 aliphatic heterocycles. The van der Waals surface area contributed by atoms with Crippen LogP contribution in [-0.2, 0) is 10.0 Å². The van der Waals surface area contributed by atoms with Crippen LogP contribution in [0.5, 0.6) is 0 Å². The number of hydrogen-bond donors (Lipinski definition) is 2. The molecule has 0 heterocycles. The van der Waals surface area contributed by atoms with Crippen molar-refractivity contribution in [2.75, 3.05) is 17.0 Å². The van der Waals surface area contributed by atoms with E-state index in [-0.39, 0.29) is 5.75 Å². The van der Waals surface area contributed by atoms with Gasteiger partial charge in [-0.05, 0) is 43.0 Å². The summed E-state index contributed by atoms with van der Waals surface area (Å²) in [6.07, 6.45) is 5.57. The lowest BCUT2D eigenvalue weighted by Crippen LogP contribution is -2.24. The molecule has 1 saturated carbocycles. The van der Waals surface area contributed by atoms with Crippen LogP contribution >= 0.6 is 0 Å². The molecule has 3 N–H and O–H groups in total. The number of benzene rings is 1. The second-order valence-electron chi connectivity index (χ2n) is 5.47. The Bertz CT molecular complexity index is 606. The third-order valence-electron chi connectivity index (χ3n) is 3.67. The van der Waals surface area contributed by atoms with Crippen LogP contribution in [0.2, 0.25) is 0 Å². The largest absolute Gasteiger partial charge is 0.320 e. The van der Waals surface area contributed by atoms with E-state index in [1.54, 1.807) is 24.3 Å². The van der Waals surface area contributed by atoms with Crippen LogP contribution < -0.4 is 10.5 Å². The van der Waals surface area contributed by atoms with Crippen molar-refractivity contribution in [3.63, 3.8) is 0 Å². The zero-order valence-electron chi connectivity index (χ0n) is 12.1. The Morgan fingerprint density at radius 2 is 1.81 bits per heavy atom. The summed E-state index contributed by atoms with van der Waals surface area (Å²) >= 11 is 0. The zero-order chi connectivity index (χ0) is 15.1. The number of nitrogens with two attached hydrogens (primary N) is 1. The van der Waals surface area contributed by atoms with Crippen molar-refractivity contribution >= 4 is 15.7 Å². The summed E-state index contributed by atoms with van der Waals surface area (Å²) in [5, 5.41) is 0. The highest BCUT2D eigenvalue weighted by molar-refractivity contribution is 7.92. The predicted molar refractivity (Wildman–Crippen MR) is 86.4 cm³/mol. The standard InChI is InChI=1S/C16H22N2O2S/c17-12-4-7-14-8-10-16(11-9-14)18-21(19,20)13-15-5-2-1-3-6-15/h8-11,15,18H,1-3,5-6,12-13,17H2. The highest BCUT2D eigenvalue weighted by Gasteiger charge is 2.21. The number of anilines is 1.